The van der Waals surface area contributed by atoms with Gasteiger partial charge < -0.3 is 20.9 Å². The van der Waals surface area contributed by atoms with E-state index < -0.39 is 5.82 Å². The SMILES string of the molecule is COc1cc(NCCc2ccc(O)cc2)c(F)cc1N. The molecular weight excluding hydrogens is 259 g/mol. The zero-order valence-corrected chi connectivity index (χ0v) is 11.2. The van der Waals surface area contributed by atoms with Crippen molar-refractivity contribution in [3.8, 4) is 11.5 Å². The molecule has 0 saturated carbocycles. The zero-order chi connectivity index (χ0) is 14.5. The topological polar surface area (TPSA) is 67.5 Å². The number of benzene rings is 2. The van der Waals surface area contributed by atoms with Crippen LogP contribution in [0, 0.1) is 5.82 Å². The molecule has 0 spiro atoms. The van der Waals surface area contributed by atoms with Crippen LogP contribution in [0.2, 0.25) is 0 Å². The van der Waals surface area contributed by atoms with E-state index in [0.717, 1.165) is 5.56 Å². The fourth-order valence-electron chi connectivity index (χ4n) is 1.89. The molecule has 0 aliphatic carbocycles. The first-order valence-electron chi connectivity index (χ1n) is 6.25. The Bertz CT molecular complexity index is 585. The van der Waals surface area contributed by atoms with E-state index in [2.05, 4.69) is 5.32 Å². The third-order valence-corrected chi connectivity index (χ3v) is 2.98. The van der Waals surface area contributed by atoms with Gasteiger partial charge in [0.15, 0.2) is 0 Å². The number of halogens is 1. The minimum Gasteiger partial charge on any atom is -0.508 e. The molecule has 0 fully saturated rings. The van der Waals surface area contributed by atoms with E-state index in [1.54, 1.807) is 18.2 Å². The van der Waals surface area contributed by atoms with Gasteiger partial charge in [-0.15, -0.1) is 0 Å². The van der Waals surface area contributed by atoms with Gasteiger partial charge in [0.25, 0.3) is 0 Å². The molecule has 0 unspecified atom stereocenters. The average Bonchev–Trinajstić information content (AvgIpc) is 2.43. The van der Waals surface area contributed by atoms with Crippen LogP contribution in [0.4, 0.5) is 15.8 Å². The second-order valence-electron chi connectivity index (χ2n) is 4.42. The Morgan fingerprint density at radius 3 is 2.60 bits per heavy atom. The predicted octanol–water partition coefficient (Wildman–Crippen LogP) is 2.78. The Morgan fingerprint density at radius 1 is 1.25 bits per heavy atom. The highest BCUT2D eigenvalue weighted by molar-refractivity contribution is 5.62. The number of hydrogen-bond donors (Lipinski definition) is 3. The van der Waals surface area contributed by atoms with Gasteiger partial charge in [0, 0.05) is 18.7 Å². The number of anilines is 2. The van der Waals surface area contributed by atoms with Gasteiger partial charge >= 0.3 is 0 Å². The Balaban J connectivity index is 1.98. The van der Waals surface area contributed by atoms with Crippen molar-refractivity contribution in [2.24, 2.45) is 0 Å². The van der Waals surface area contributed by atoms with E-state index in [0.29, 0.717) is 24.4 Å². The lowest BCUT2D eigenvalue weighted by atomic mass is 10.1. The first-order valence-corrected chi connectivity index (χ1v) is 6.25. The van der Waals surface area contributed by atoms with Gasteiger partial charge in [-0.2, -0.15) is 0 Å². The number of aromatic hydroxyl groups is 1. The summed E-state index contributed by atoms with van der Waals surface area (Å²) in [6.45, 7) is 0.564. The molecule has 2 rings (SSSR count). The second kappa shape index (κ2) is 6.14. The Morgan fingerprint density at radius 2 is 1.95 bits per heavy atom. The molecule has 4 nitrogen and oxygen atoms in total. The monoisotopic (exact) mass is 276 g/mol. The number of nitrogens with two attached hydrogens (primary N) is 1. The summed E-state index contributed by atoms with van der Waals surface area (Å²) in [6, 6.07) is 9.70. The van der Waals surface area contributed by atoms with Gasteiger partial charge in [-0.1, -0.05) is 12.1 Å². The summed E-state index contributed by atoms with van der Waals surface area (Å²) in [5.74, 6) is 0.267. The van der Waals surface area contributed by atoms with Gasteiger partial charge in [0.05, 0.1) is 18.5 Å². The molecule has 0 aromatic heterocycles. The summed E-state index contributed by atoms with van der Waals surface area (Å²) in [5.41, 5.74) is 7.30. The summed E-state index contributed by atoms with van der Waals surface area (Å²) in [6.07, 6.45) is 0.715. The molecule has 0 saturated heterocycles. The number of phenols is 1. The number of phenolic OH excluding ortho intramolecular Hbond substituents is 1. The van der Waals surface area contributed by atoms with E-state index >= 15 is 0 Å². The lowest BCUT2D eigenvalue weighted by Crippen LogP contribution is -2.07. The highest BCUT2D eigenvalue weighted by Gasteiger charge is 2.07. The van der Waals surface area contributed by atoms with Crippen LogP contribution in [0.15, 0.2) is 36.4 Å². The molecule has 20 heavy (non-hydrogen) atoms. The van der Waals surface area contributed by atoms with Gasteiger partial charge in [-0.25, -0.2) is 4.39 Å². The summed E-state index contributed by atoms with van der Waals surface area (Å²) in [5, 5.41) is 12.2. The molecule has 0 atom stereocenters. The van der Waals surface area contributed by atoms with Crippen LogP contribution in [0.1, 0.15) is 5.56 Å². The lowest BCUT2D eigenvalue weighted by Gasteiger charge is -2.11. The maximum atomic E-state index is 13.7. The van der Waals surface area contributed by atoms with Crippen LogP contribution in [-0.2, 0) is 6.42 Å². The maximum Gasteiger partial charge on any atom is 0.148 e. The molecular formula is C15H17FN2O2. The maximum absolute atomic E-state index is 13.7. The standard InChI is InChI=1S/C15H17FN2O2/c1-20-15-9-14(12(16)8-13(15)17)18-7-6-10-2-4-11(19)5-3-10/h2-5,8-9,18-19H,6-7,17H2,1H3. The molecule has 0 amide bonds. The van der Waals surface area contributed by atoms with Crippen LogP contribution in [0.25, 0.3) is 0 Å². The molecule has 0 aliphatic heterocycles. The van der Waals surface area contributed by atoms with E-state index in [9.17, 15) is 9.50 Å². The normalized spacial score (nSPS) is 10.3. The smallest absolute Gasteiger partial charge is 0.148 e. The first kappa shape index (κ1) is 14.0. The Labute approximate surface area is 117 Å². The van der Waals surface area contributed by atoms with Crippen LogP contribution in [0.5, 0.6) is 11.5 Å². The van der Waals surface area contributed by atoms with E-state index in [1.807, 2.05) is 12.1 Å². The van der Waals surface area contributed by atoms with Gasteiger partial charge in [0.2, 0.25) is 0 Å². The number of nitrogen functional groups attached to an aromatic ring is 1. The quantitative estimate of drug-likeness (QED) is 0.735. The van der Waals surface area contributed by atoms with Gasteiger partial charge in [0.1, 0.15) is 17.3 Å². The van der Waals surface area contributed by atoms with Crippen molar-refractivity contribution < 1.29 is 14.2 Å². The third kappa shape index (κ3) is 3.32. The van der Waals surface area contributed by atoms with Crippen molar-refractivity contribution in [1.29, 1.82) is 0 Å². The van der Waals surface area contributed by atoms with E-state index in [4.69, 9.17) is 10.5 Å². The fourth-order valence-corrected chi connectivity index (χ4v) is 1.89. The summed E-state index contributed by atoms with van der Waals surface area (Å²) in [7, 11) is 1.49. The summed E-state index contributed by atoms with van der Waals surface area (Å²) in [4.78, 5) is 0. The zero-order valence-electron chi connectivity index (χ0n) is 11.2. The highest BCUT2D eigenvalue weighted by atomic mass is 19.1. The number of nitrogens with one attached hydrogen (secondary N) is 1. The summed E-state index contributed by atoms with van der Waals surface area (Å²) < 4.78 is 18.8. The molecule has 0 aliphatic rings. The van der Waals surface area contributed by atoms with Crippen molar-refractivity contribution >= 4 is 11.4 Å². The minimum absolute atomic E-state index is 0.232. The largest absolute Gasteiger partial charge is 0.508 e. The highest BCUT2D eigenvalue weighted by Crippen LogP contribution is 2.28. The number of ether oxygens (including phenoxy) is 1. The second-order valence-corrected chi connectivity index (χ2v) is 4.42. The van der Waals surface area contributed by atoms with Gasteiger partial charge in [-0.3, -0.25) is 0 Å². The van der Waals surface area contributed by atoms with Gasteiger partial charge in [-0.05, 0) is 24.1 Å². The van der Waals surface area contributed by atoms with Crippen molar-refractivity contribution in [3.05, 3.63) is 47.8 Å². The summed E-state index contributed by atoms with van der Waals surface area (Å²) >= 11 is 0. The molecule has 4 N–H and O–H groups in total. The molecule has 2 aromatic rings. The average molecular weight is 276 g/mol. The van der Waals surface area contributed by atoms with Crippen molar-refractivity contribution in [2.45, 2.75) is 6.42 Å². The molecule has 0 bridgehead atoms. The first-order chi connectivity index (χ1) is 9.60. The van der Waals surface area contributed by atoms with E-state index in [1.165, 1.54) is 13.2 Å². The third-order valence-electron chi connectivity index (χ3n) is 2.98. The molecule has 0 radical (unpaired) electrons. The van der Waals surface area contributed by atoms with Crippen LogP contribution >= 0.6 is 0 Å². The van der Waals surface area contributed by atoms with Crippen LogP contribution < -0.4 is 15.8 Å². The fraction of sp³-hybridized carbons (Fsp3) is 0.200. The predicted molar refractivity (Wildman–Crippen MR) is 77.7 cm³/mol. The minimum atomic E-state index is -0.408. The van der Waals surface area contributed by atoms with Crippen molar-refractivity contribution in [2.75, 3.05) is 24.7 Å². The molecule has 5 heteroatoms. The van der Waals surface area contributed by atoms with Crippen molar-refractivity contribution in [1.82, 2.24) is 0 Å². The van der Waals surface area contributed by atoms with E-state index in [-0.39, 0.29) is 11.4 Å². The molecule has 106 valence electrons. The number of rotatable bonds is 5. The Kier molecular flexibility index (Phi) is 4.30. The number of methoxy groups -OCH3 is 1. The van der Waals surface area contributed by atoms with Crippen molar-refractivity contribution in [3.63, 3.8) is 0 Å². The molecule has 0 heterocycles. The van der Waals surface area contributed by atoms with Crippen LogP contribution in [0.3, 0.4) is 0 Å². The Hall–Kier alpha value is -2.43. The lowest BCUT2D eigenvalue weighted by molar-refractivity contribution is 0.416. The number of hydrogen-bond acceptors (Lipinski definition) is 4. The molecule has 2 aromatic carbocycles. The van der Waals surface area contributed by atoms with Crippen LogP contribution in [-0.4, -0.2) is 18.8 Å².